The molecule has 8 nitrogen and oxygen atoms in total. The molecule has 1 amide bonds. The number of rotatable bonds is 10. The van der Waals surface area contributed by atoms with Gasteiger partial charge in [0, 0.05) is 30.4 Å². The van der Waals surface area contributed by atoms with E-state index in [0.717, 1.165) is 37.1 Å². The number of fused-ring (bicyclic) bond motifs is 1. The van der Waals surface area contributed by atoms with Gasteiger partial charge in [-0.2, -0.15) is 5.26 Å². The standard InChI is InChI=1S/C27H43BrN6O2S/c1-6-15(3)19(33-25(36)23-21(30)22-26(37-23)31-13-20(28)34-22)12-18(7-2)32-24(35)16-9-8-10-17(11-16)27(4,5)14-29/h8-9,11-12,15,17-18,20-24,26,31-32,34-35H,6-7,10,13,30H2,1-5H3,(H,33,36)/b19-12+. The van der Waals surface area contributed by atoms with E-state index in [4.69, 9.17) is 5.73 Å². The lowest BCUT2D eigenvalue weighted by Gasteiger charge is -2.32. The van der Waals surface area contributed by atoms with Crippen LogP contribution in [0.4, 0.5) is 0 Å². The molecule has 3 rings (SSSR count). The van der Waals surface area contributed by atoms with Crippen molar-refractivity contribution in [1.29, 1.82) is 5.26 Å². The summed E-state index contributed by atoms with van der Waals surface area (Å²) in [6, 6.07) is 1.94. The molecule has 0 aromatic rings. The molecule has 206 valence electrons. The lowest BCUT2D eigenvalue weighted by atomic mass is 9.75. The van der Waals surface area contributed by atoms with Gasteiger partial charge in [-0.05, 0) is 56.6 Å². The fourth-order valence-electron chi connectivity index (χ4n) is 4.86. The third kappa shape index (κ3) is 7.47. The van der Waals surface area contributed by atoms with Crippen LogP contribution in [0.5, 0.6) is 0 Å². The van der Waals surface area contributed by atoms with E-state index < -0.39 is 11.6 Å². The van der Waals surface area contributed by atoms with Gasteiger partial charge in [-0.1, -0.05) is 54.9 Å². The number of nitrogens with zero attached hydrogens (tertiary/aromatic N) is 1. The Labute approximate surface area is 234 Å². The number of aliphatic hydroxyl groups excluding tert-OH is 1. The van der Waals surface area contributed by atoms with E-state index in [9.17, 15) is 15.2 Å². The van der Waals surface area contributed by atoms with Crippen molar-refractivity contribution in [1.82, 2.24) is 21.3 Å². The molecular weight excluding hydrogens is 552 g/mol. The van der Waals surface area contributed by atoms with Crippen LogP contribution in [-0.4, -0.2) is 57.5 Å². The molecule has 3 aliphatic rings. The lowest BCUT2D eigenvalue weighted by molar-refractivity contribution is -0.120. The second-order valence-corrected chi connectivity index (χ2v) is 13.3. The Morgan fingerprint density at radius 1 is 1.43 bits per heavy atom. The van der Waals surface area contributed by atoms with E-state index in [-0.39, 0.29) is 51.4 Å². The molecule has 2 heterocycles. The van der Waals surface area contributed by atoms with Crippen LogP contribution in [-0.2, 0) is 4.79 Å². The summed E-state index contributed by atoms with van der Waals surface area (Å²) in [4.78, 5) is 13.5. The Morgan fingerprint density at radius 3 is 2.81 bits per heavy atom. The molecule has 10 heteroatoms. The van der Waals surface area contributed by atoms with Crippen LogP contribution in [0.15, 0.2) is 35.6 Å². The van der Waals surface area contributed by atoms with Crippen molar-refractivity contribution >= 4 is 33.6 Å². The molecule has 1 aliphatic carbocycles. The van der Waals surface area contributed by atoms with Crippen molar-refractivity contribution < 1.29 is 9.90 Å². The average Bonchev–Trinajstić information content (AvgIpc) is 3.22. The number of thioether (sulfide) groups is 1. The SMILES string of the molecule is CCC(/C=C(/NC(=O)C1SC2NCC(Br)NC2C1N)C(C)CC)NC(O)C1=CC(C(C)(C)C#N)CC=C1. The maximum atomic E-state index is 13.4. The van der Waals surface area contributed by atoms with Crippen LogP contribution in [0, 0.1) is 28.6 Å². The van der Waals surface area contributed by atoms with Gasteiger partial charge in [0.2, 0.25) is 5.91 Å². The molecule has 0 bridgehead atoms. The van der Waals surface area contributed by atoms with Crippen LogP contribution in [0.1, 0.15) is 53.9 Å². The largest absolute Gasteiger partial charge is 0.374 e. The number of carbonyl (C=O) groups is 1. The maximum absolute atomic E-state index is 13.4. The van der Waals surface area contributed by atoms with E-state index in [1.807, 2.05) is 45.1 Å². The fraction of sp³-hybridized carbons (Fsp3) is 0.704. The van der Waals surface area contributed by atoms with Crippen molar-refractivity contribution in [2.45, 2.75) is 93.8 Å². The summed E-state index contributed by atoms with van der Waals surface area (Å²) in [7, 11) is 0. The first kappa shape index (κ1) is 30.4. The molecule has 9 atom stereocenters. The van der Waals surface area contributed by atoms with E-state index >= 15 is 0 Å². The monoisotopic (exact) mass is 594 g/mol. The van der Waals surface area contributed by atoms with Gasteiger partial charge in [0.05, 0.1) is 21.8 Å². The summed E-state index contributed by atoms with van der Waals surface area (Å²) in [5, 5.41) is 33.7. The highest BCUT2D eigenvalue weighted by Crippen LogP contribution is 2.35. The zero-order valence-electron chi connectivity index (χ0n) is 22.5. The number of nitrogens with two attached hydrogens (primary N) is 1. The summed E-state index contributed by atoms with van der Waals surface area (Å²) in [6.45, 7) is 10.9. The zero-order chi connectivity index (χ0) is 27.3. The van der Waals surface area contributed by atoms with Crippen molar-refractivity contribution in [3.05, 3.63) is 35.6 Å². The zero-order valence-corrected chi connectivity index (χ0v) is 24.9. The highest BCUT2D eigenvalue weighted by Gasteiger charge is 2.47. The summed E-state index contributed by atoms with van der Waals surface area (Å²) >= 11 is 5.16. The molecule has 0 radical (unpaired) electrons. The number of allylic oxidation sites excluding steroid dienone is 3. The minimum atomic E-state index is -0.875. The summed E-state index contributed by atoms with van der Waals surface area (Å²) in [5.74, 6) is 0.0999. The van der Waals surface area contributed by atoms with Crippen molar-refractivity contribution in [3.63, 3.8) is 0 Å². The topological polar surface area (TPSA) is 135 Å². The summed E-state index contributed by atoms with van der Waals surface area (Å²) in [5.41, 5.74) is 7.61. The molecule has 0 saturated carbocycles. The lowest BCUT2D eigenvalue weighted by Crippen LogP contribution is -2.61. The van der Waals surface area contributed by atoms with Crippen molar-refractivity contribution in [2.24, 2.45) is 23.0 Å². The summed E-state index contributed by atoms with van der Waals surface area (Å²) in [6.07, 6.45) is 9.49. The van der Waals surface area contributed by atoms with Gasteiger partial charge in [-0.15, -0.1) is 11.8 Å². The Kier molecular flexibility index (Phi) is 10.9. The Balaban J connectivity index is 1.71. The van der Waals surface area contributed by atoms with Gasteiger partial charge >= 0.3 is 0 Å². The number of aliphatic hydroxyl groups is 1. The van der Waals surface area contributed by atoms with Gasteiger partial charge in [-0.25, -0.2) is 0 Å². The number of hydrogen-bond donors (Lipinski definition) is 6. The minimum Gasteiger partial charge on any atom is -0.374 e. The van der Waals surface area contributed by atoms with Gasteiger partial charge in [-0.3, -0.25) is 15.4 Å². The second kappa shape index (κ2) is 13.2. The first-order valence-corrected chi connectivity index (χ1v) is 15.2. The number of nitriles is 1. The fourth-order valence-corrected chi connectivity index (χ4v) is 6.82. The van der Waals surface area contributed by atoms with Crippen LogP contribution >= 0.6 is 27.7 Å². The van der Waals surface area contributed by atoms with E-state index in [1.54, 1.807) is 11.8 Å². The smallest absolute Gasteiger partial charge is 0.238 e. The summed E-state index contributed by atoms with van der Waals surface area (Å²) < 4.78 is 0. The second-order valence-electron chi connectivity index (χ2n) is 10.9. The first-order chi connectivity index (χ1) is 17.5. The number of carbonyl (C=O) groups excluding carboxylic acids is 1. The number of piperazine rings is 1. The van der Waals surface area contributed by atoms with Gasteiger partial charge in [0.1, 0.15) is 11.5 Å². The molecule has 0 aromatic heterocycles. The minimum absolute atomic E-state index is 0.0155. The number of nitrogens with one attached hydrogen (secondary N) is 4. The van der Waals surface area contributed by atoms with Gasteiger partial charge in [0.25, 0.3) is 0 Å². The molecule has 7 N–H and O–H groups in total. The van der Waals surface area contributed by atoms with Crippen LogP contribution in [0.2, 0.25) is 0 Å². The number of amides is 1. The van der Waals surface area contributed by atoms with E-state index in [2.05, 4.69) is 57.1 Å². The maximum Gasteiger partial charge on any atom is 0.238 e. The first-order valence-electron chi connectivity index (χ1n) is 13.3. The van der Waals surface area contributed by atoms with Gasteiger partial charge < -0.3 is 21.5 Å². The van der Waals surface area contributed by atoms with E-state index in [0.29, 0.717) is 0 Å². The van der Waals surface area contributed by atoms with E-state index in [1.165, 1.54) is 0 Å². The Morgan fingerprint density at radius 2 is 2.16 bits per heavy atom. The number of halogens is 1. The molecule has 2 aliphatic heterocycles. The number of alkyl halides is 1. The molecule has 9 unspecified atom stereocenters. The quantitative estimate of drug-likeness (QED) is 0.129. The molecule has 2 saturated heterocycles. The average molecular weight is 596 g/mol. The van der Waals surface area contributed by atoms with Crippen molar-refractivity contribution in [2.75, 3.05) is 6.54 Å². The highest BCUT2D eigenvalue weighted by atomic mass is 79.9. The Hall–Kier alpha value is -1.19. The van der Waals surface area contributed by atoms with Crippen LogP contribution in [0.25, 0.3) is 0 Å². The van der Waals surface area contributed by atoms with Gasteiger partial charge in [0.15, 0.2) is 0 Å². The van der Waals surface area contributed by atoms with Crippen LogP contribution < -0.4 is 27.0 Å². The molecular formula is C27H43BrN6O2S. The third-order valence-electron chi connectivity index (χ3n) is 7.74. The predicted octanol–water partition coefficient (Wildman–Crippen LogP) is 2.82. The highest BCUT2D eigenvalue weighted by molar-refractivity contribution is 9.09. The molecule has 37 heavy (non-hydrogen) atoms. The van der Waals surface area contributed by atoms with Crippen LogP contribution in [0.3, 0.4) is 0 Å². The predicted molar refractivity (Wildman–Crippen MR) is 154 cm³/mol. The molecule has 2 fully saturated rings. The Bertz CT molecular complexity index is 948. The number of hydrogen-bond acceptors (Lipinski definition) is 8. The molecule has 0 spiro atoms. The molecule has 0 aromatic carbocycles. The normalized spacial score (nSPS) is 32.6. The van der Waals surface area contributed by atoms with Crippen molar-refractivity contribution in [3.8, 4) is 6.07 Å². The third-order valence-corrected chi connectivity index (χ3v) is 9.90.